The fraction of sp³-hybridized carbons (Fsp3) is 0.450. The van der Waals surface area contributed by atoms with Crippen LogP contribution >= 0.6 is 11.3 Å². The maximum Gasteiger partial charge on any atom is 0.350 e. The number of thiazole rings is 1. The third kappa shape index (κ3) is 3.74. The lowest BCUT2D eigenvalue weighted by Gasteiger charge is -2.07. The number of pyridine rings is 1. The molecule has 1 aliphatic carbocycles. The van der Waals surface area contributed by atoms with Crippen LogP contribution in [-0.4, -0.2) is 33.6 Å². The summed E-state index contributed by atoms with van der Waals surface area (Å²) in [7, 11) is 0. The molecule has 0 spiro atoms. The fourth-order valence-electron chi connectivity index (χ4n) is 3.15. The van der Waals surface area contributed by atoms with E-state index in [1.807, 2.05) is 19.9 Å². The van der Waals surface area contributed by atoms with Crippen LogP contribution in [0.15, 0.2) is 10.6 Å². The Balaban J connectivity index is 1.70. The van der Waals surface area contributed by atoms with E-state index in [1.165, 1.54) is 0 Å². The molecule has 4 rings (SSSR count). The number of nitrogens with zero attached hydrogens (tertiary/aromatic N) is 3. The second-order valence-electron chi connectivity index (χ2n) is 7.38. The summed E-state index contributed by atoms with van der Waals surface area (Å²) in [6.07, 6.45) is 2.11. The SMILES string of the molecule is CCOC(=O)c1sc(NC(=O)c2cc(C3CC3)nc3onc(C(C)C)c23)nc1C. The van der Waals surface area contributed by atoms with E-state index >= 15 is 0 Å². The third-order valence-electron chi connectivity index (χ3n) is 4.76. The number of aromatic nitrogens is 3. The van der Waals surface area contributed by atoms with Gasteiger partial charge < -0.3 is 9.26 Å². The largest absolute Gasteiger partial charge is 0.462 e. The normalized spacial score (nSPS) is 13.8. The van der Waals surface area contributed by atoms with Gasteiger partial charge in [-0.05, 0) is 38.7 Å². The molecule has 0 bridgehead atoms. The summed E-state index contributed by atoms with van der Waals surface area (Å²) in [6, 6.07) is 1.82. The van der Waals surface area contributed by atoms with E-state index in [0.717, 1.165) is 29.9 Å². The quantitative estimate of drug-likeness (QED) is 0.595. The molecule has 152 valence electrons. The molecule has 3 aromatic rings. The van der Waals surface area contributed by atoms with E-state index in [9.17, 15) is 9.59 Å². The minimum absolute atomic E-state index is 0.0777. The summed E-state index contributed by atoms with van der Waals surface area (Å²) < 4.78 is 10.5. The smallest absolute Gasteiger partial charge is 0.350 e. The predicted octanol–water partition coefficient (Wildman–Crippen LogP) is 4.42. The molecule has 0 radical (unpaired) electrons. The summed E-state index contributed by atoms with van der Waals surface area (Å²) in [5, 5.41) is 7.92. The maximum absolute atomic E-state index is 13.2. The predicted molar refractivity (Wildman–Crippen MR) is 109 cm³/mol. The molecule has 8 nitrogen and oxygen atoms in total. The monoisotopic (exact) mass is 414 g/mol. The van der Waals surface area contributed by atoms with Crippen LogP contribution in [0.1, 0.15) is 82.6 Å². The topological polar surface area (TPSA) is 107 Å². The number of hydrogen-bond acceptors (Lipinski definition) is 8. The summed E-state index contributed by atoms with van der Waals surface area (Å²) in [6.45, 7) is 7.72. The van der Waals surface area contributed by atoms with E-state index in [4.69, 9.17) is 9.26 Å². The Hall–Kier alpha value is -2.81. The Kier molecular flexibility index (Phi) is 5.08. The number of hydrogen-bond donors (Lipinski definition) is 1. The summed E-state index contributed by atoms with van der Waals surface area (Å²) in [4.78, 5) is 34.4. The molecule has 0 atom stereocenters. The number of carbonyl (C=O) groups is 2. The minimum atomic E-state index is -0.438. The van der Waals surface area contributed by atoms with Crippen molar-refractivity contribution in [3.8, 4) is 0 Å². The molecule has 1 N–H and O–H groups in total. The first-order chi connectivity index (χ1) is 13.9. The molecular formula is C20H22N4O4S. The van der Waals surface area contributed by atoms with E-state index in [0.29, 0.717) is 44.0 Å². The number of aryl methyl sites for hydroxylation is 1. The van der Waals surface area contributed by atoms with Crippen molar-refractivity contribution >= 4 is 39.4 Å². The number of ether oxygens (including phenoxy) is 1. The molecule has 0 aliphatic heterocycles. The van der Waals surface area contributed by atoms with Crippen molar-refractivity contribution in [2.24, 2.45) is 0 Å². The Morgan fingerprint density at radius 3 is 2.76 bits per heavy atom. The number of amides is 1. The summed E-state index contributed by atoms with van der Waals surface area (Å²) in [5.41, 5.74) is 2.91. The first-order valence-corrected chi connectivity index (χ1v) is 10.5. The molecule has 0 saturated heterocycles. The van der Waals surface area contributed by atoms with Crippen molar-refractivity contribution in [3.05, 3.63) is 33.6 Å². The van der Waals surface area contributed by atoms with Gasteiger partial charge in [-0.3, -0.25) is 10.1 Å². The zero-order valence-corrected chi connectivity index (χ0v) is 17.6. The lowest BCUT2D eigenvalue weighted by atomic mass is 10.0. The van der Waals surface area contributed by atoms with Crippen molar-refractivity contribution < 1.29 is 18.8 Å². The summed E-state index contributed by atoms with van der Waals surface area (Å²) in [5.74, 6) is -0.329. The van der Waals surface area contributed by atoms with E-state index in [2.05, 4.69) is 20.4 Å². The van der Waals surface area contributed by atoms with Crippen LogP contribution in [0.2, 0.25) is 0 Å². The molecule has 1 aliphatic rings. The van der Waals surface area contributed by atoms with Gasteiger partial charge in [0.15, 0.2) is 5.13 Å². The van der Waals surface area contributed by atoms with E-state index in [1.54, 1.807) is 13.8 Å². The minimum Gasteiger partial charge on any atom is -0.462 e. The molecule has 1 fully saturated rings. The highest BCUT2D eigenvalue weighted by Crippen LogP contribution is 2.41. The van der Waals surface area contributed by atoms with E-state index < -0.39 is 5.97 Å². The molecule has 1 amide bonds. The zero-order chi connectivity index (χ0) is 20.7. The van der Waals surface area contributed by atoms with Gasteiger partial charge in [0.2, 0.25) is 0 Å². The van der Waals surface area contributed by atoms with Gasteiger partial charge in [0, 0.05) is 11.6 Å². The molecule has 0 aromatic carbocycles. The summed E-state index contributed by atoms with van der Waals surface area (Å²) >= 11 is 1.10. The average molecular weight is 414 g/mol. The van der Waals surface area contributed by atoms with Gasteiger partial charge >= 0.3 is 5.97 Å². The molecule has 0 unspecified atom stereocenters. The molecule has 29 heavy (non-hydrogen) atoms. The standard InChI is InChI=1S/C20H22N4O4S/c1-5-27-19(26)16-10(4)21-20(29-16)23-17(25)12-8-13(11-6-7-11)22-18-14(12)15(9(2)3)24-28-18/h8-9,11H,5-7H2,1-4H3,(H,21,23,25). The molecule has 9 heteroatoms. The van der Waals surface area contributed by atoms with Crippen molar-refractivity contribution in [3.63, 3.8) is 0 Å². The Morgan fingerprint density at radius 1 is 1.34 bits per heavy atom. The maximum atomic E-state index is 13.2. The van der Waals surface area contributed by atoms with Crippen LogP contribution in [0.25, 0.3) is 11.1 Å². The number of nitrogens with one attached hydrogen (secondary N) is 1. The molecule has 3 aromatic heterocycles. The van der Waals surface area contributed by atoms with Crippen molar-refractivity contribution in [1.29, 1.82) is 0 Å². The second kappa shape index (κ2) is 7.55. The Labute approximate surface area is 171 Å². The van der Waals surface area contributed by atoms with Gasteiger partial charge in [0.25, 0.3) is 11.6 Å². The zero-order valence-electron chi connectivity index (χ0n) is 16.7. The number of carbonyl (C=O) groups excluding carboxylic acids is 2. The number of fused-ring (bicyclic) bond motifs is 1. The number of anilines is 1. The van der Waals surface area contributed by atoms with Crippen LogP contribution in [0.4, 0.5) is 5.13 Å². The van der Waals surface area contributed by atoms with Crippen LogP contribution in [-0.2, 0) is 4.74 Å². The molecular weight excluding hydrogens is 392 g/mol. The number of esters is 1. The van der Waals surface area contributed by atoms with Crippen LogP contribution in [0.5, 0.6) is 0 Å². The highest BCUT2D eigenvalue weighted by Gasteiger charge is 2.30. The number of rotatable bonds is 6. The first-order valence-electron chi connectivity index (χ1n) is 9.65. The van der Waals surface area contributed by atoms with Crippen LogP contribution in [0, 0.1) is 6.92 Å². The van der Waals surface area contributed by atoms with Crippen molar-refractivity contribution in [2.75, 3.05) is 11.9 Å². The van der Waals surface area contributed by atoms with Gasteiger partial charge in [-0.15, -0.1) is 0 Å². The lowest BCUT2D eigenvalue weighted by Crippen LogP contribution is -2.13. The van der Waals surface area contributed by atoms with Gasteiger partial charge in [-0.25, -0.2) is 14.8 Å². The van der Waals surface area contributed by atoms with Crippen molar-refractivity contribution in [2.45, 2.75) is 52.4 Å². The van der Waals surface area contributed by atoms with Gasteiger partial charge in [0.05, 0.1) is 28.9 Å². The molecule has 3 heterocycles. The average Bonchev–Trinajstić information content (AvgIpc) is 3.33. The molecule has 1 saturated carbocycles. The highest BCUT2D eigenvalue weighted by atomic mass is 32.1. The van der Waals surface area contributed by atoms with Crippen LogP contribution in [0.3, 0.4) is 0 Å². The Morgan fingerprint density at radius 2 is 2.10 bits per heavy atom. The van der Waals surface area contributed by atoms with Gasteiger partial charge in [0.1, 0.15) is 4.88 Å². The first kappa shape index (κ1) is 19.5. The lowest BCUT2D eigenvalue weighted by molar-refractivity contribution is 0.0531. The van der Waals surface area contributed by atoms with Gasteiger partial charge in [-0.2, -0.15) is 0 Å². The fourth-order valence-corrected chi connectivity index (χ4v) is 4.01. The second-order valence-corrected chi connectivity index (χ2v) is 8.38. The highest BCUT2D eigenvalue weighted by molar-refractivity contribution is 7.17. The van der Waals surface area contributed by atoms with E-state index in [-0.39, 0.29) is 18.4 Å². The third-order valence-corrected chi connectivity index (χ3v) is 5.81. The Bertz CT molecular complexity index is 1100. The van der Waals surface area contributed by atoms with Crippen molar-refractivity contribution in [1.82, 2.24) is 15.1 Å². The van der Waals surface area contributed by atoms with Crippen LogP contribution < -0.4 is 5.32 Å². The van der Waals surface area contributed by atoms with Gasteiger partial charge in [-0.1, -0.05) is 30.3 Å².